The lowest BCUT2D eigenvalue weighted by molar-refractivity contribution is -0.112. The SMILES string of the molecule is Nc1ccc(-c2nc3n(c2-c2ccc(C4(NC=O)CCC4)cc2)-c2cccnc2Nc2ccccc2-3)cc1. The molecule has 0 unspecified atom stereocenters. The second kappa shape index (κ2) is 8.59. The van der Waals surface area contributed by atoms with E-state index >= 15 is 0 Å². The zero-order valence-electron chi connectivity index (χ0n) is 20.7. The molecular weight excluding hydrogens is 472 g/mol. The first-order valence-electron chi connectivity index (χ1n) is 12.8. The molecule has 4 N–H and O–H groups in total. The Hall–Kier alpha value is -4.91. The third-order valence-electron chi connectivity index (χ3n) is 7.76. The van der Waals surface area contributed by atoms with E-state index in [0.717, 1.165) is 82.3 Å². The molecule has 2 aliphatic rings. The highest BCUT2D eigenvalue weighted by molar-refractivity contribution is 5.91. The number of anilines is 3. The largest absolute Gasteiger partial charge is 0.399 e. The average Bonchev–Trinajstić information content (AvgIpc) is 3.26. The number of amides is 1. The maximum atomic E-state index is 11.3. The number of para-hydroxylation sites is 1. The molecular formula is C31H26N6O. The standard InChI is InChI=1S/C31H26N6O/c32-23-14-10-20(11-15-23)27-28(21-8-12-22(13-9-21)31(34-19-38)16-4-17-31)37-26-7-3-18-33-29(26)35-25-6-2-1-5-24(25)30(37)36-27/h1-3,5-15,18-19H,4,16-17,32H2,(H,33,35)(H,34,38). The Bertz CT molecular complexity index is 1670. The van der Waals surface area contributed by atoms with Crippen LogP contribution in [0.1, 0.15) is 24.8 Å². The van der Waals surface area contributed by atoms with Crippen molar-refractivity contribution in [2.24, 2.45) is 0 Å². The van der Waals surface area contributed by atoms with Gasteiger partial charge in [0, 0.05) is 28.6 Å². The van der Waals surface area contributed by atoms with Crippen LogP contribution in [0.3, 0.4) is 0 Å². The number of carbonyl (C=O) groups is 1. The van der Waals surface area contributed by atoms with Crippen LogP contribution in [0, 0.1) is 0 Å². The smallest absolute Gasteiger partial charge is 0.207 e. The molecule has 186 valence electrons. The molecule has 1 fully saturated rings. The number of carbonyl (C=O) groups excluding carboxylic acids is 1. The Morgan fingerprint density at radius 2 is 1.68 bits per heavy atom. The van der Waals surface area contributed by atoms with Gasteiger partial charge in [0.15, 0.2) is 5.82 Å². The van der Waals surface area contributed by atoms with Crippen molar-refractivity contribution >= 4 is 23.6 Å². The molecule has 38 heavy (non-hydrogen) atoms. The molecule has 3 heterocycles. The fourth-order valence-electron chi connectivity index (χ4n) is 5.64. The Morgan fingerprint density at radius 3 is 2.42 bits per heavy atom. The molecule has 7 rings (SSSR count). The lowest BCUT2D eigenvalue weighted by Crippen LogP contribution is -2.47. The predicted molar refractivity (Wildman–Crippen MR) is 150 cm³/mol. The highest BCUT2D eigenvalue weighted by Gasteiger charge is 2.38. The van der Waals surface area contributed by atoms with E-state index in [1.165, 1.54) is 0 Å². The molecule has 1 aliphatic carbocycles. The molecule has 1 saturated carbocycles. The normalized spacial score (nSPS) is 14.6. The third-order valence-corrected chi connectivity index (χ3v) is 7.76. The molecule has 1 amide bonds. The summed E-state index contributed by atoms with van der Waals surface area (Å²) in [4.78, 5) is 21.3. The van der Waals surface area contributed by atoms with Gasteiger partial charge in [0.2, 0.25) is 6.41 Å². The quantitative estimate of drug-likeness (QED) is 0.199. The molecule has 7 nitrogen and oxygen atoms in total. The fourth-order valence-corrected chi connectivity index (χ4v) is 5.64. The average molecular weight is 499 g/mol. The highest BCUT2D eigenvalue weighted by atomic mass is 16.1. The molecule has 5 aromatic rings. The van der Waals surface area contributed by atoms with Crippen LogP contribution in [0.25, 0.3) is 39.6 Å². The van der Waals surface area contributed by atoms with E-state index in [9.17, 15) is 4.79 Å². The van der Waals surface area contributed by atoms with Crippen molar-refractivity contribution < 1.29 is 4.79 Å². The second-order valence-electron chi connectivity index (χ2n) is 9.91. The maximum Gasteiger partial charge on any atom is 0.207 e. The number of rotatable bonds is 5. The number of nitrogens with two attached hydrogens (primary N) is 1. The van der Waals surface area contributed by atoms with Crippen LogP contribution in [0.2, 0.25) is 0 Å². The van der Waals surface area contributed by atoms with Crippen molar-refractivity contribution in [3.63, 3.8) is 0 Å². The van der Waals surface area contributed by atoms with Gasteiger partial charge in [-0.15, -0.1) is 0 Å². The summed E-state index contributed by atoms with van der Waals surface area (Å²) in [6.07, 6.45) is 5.62. The topological polar surface area (TPSA) is 97.9 Å². The van der Waals surface area contributed by atoms with Crippen LogP contribution < -0.4 is 16.4 Å². The van der Waals surface area contributed by atoms with Gasteiger partial charge in [0.25, 0.3) is 0 Å². The van der Waals surface area contributed by atoms with Gasteiger partial charge in [-0.25, -0.2) is 9.97 Å². The molecule has 0 radical (unpaired) electrons. The van der Waals surface area contributed by atoms with Crippen LogP contribution in [-0.2, 0) is 10.3 Å². The number of hydrogen-bond donors (Lipinski definition) is 3. The summed E-state index contributed by atoms with van der Waals surface area (Å²) >= 11 is 0. The van der Waals surface area contributed by atoms with E-state index in [1.807, 2.05) is 48.5 Å². The lowest BCUT2D eigenvalue weighted by atomic mass is 9.72. The maximum absolute atomic E-state index is 11.3. The number of benzene rings is 3. The Morgan fingerprint density at radius 1 is 0.921 bits per heavy atom. The zero-order chi connectivity index (χ0) is 25.7. The monoisotopic (exact) mass is 498 g/mol. The van der Waals surface area contributed by atoms with Crippen molar-refractivity contribution in [1.29, 1.82) is 0 Å². The summed E-state index contributed by atoms with van der Waals surface area (Å²) in [6, 6.07) is 28.5. The van der Waals surface area contributed by atoms with Gasteiger partial charge in [-0.1, -0.05) is 48.5 Å². The molecule has 1 aliphatic heterocycles. The van der Waals surface area contributed by atoms with Crippen molar-refractivity contribution in [3.8, 4) is 39.6 Å². The van der Waals surface area contributed by atoms with E-state index in [4.69, 9.17) is 10.7 Å². The van der Waals surface area contributed by atoms with Crippen LogP contribution in [0.15, 0.2) is 91.1 Å². The van der Waals surface area contributed by atoms with Gasteiger partial charge in [0.1, 0.15) is 5.82 Å². The van der Waals surface area contributed by atoms with Crippen LogP contribution in [0.5, 0.6) is 0 Å². The number of aromatic nitrogens is 3. The molecule has 0 bridgehead atoms. The molecule has 0 atom stereocenters. The Balaban J connectivity index is 1.50. The van der Waals surface area contributed by atoms with Crippen LogP contribution in [0.4, 0.5) is 17.2 Å². The number of nitrogens with zero attached hydrogens (tertiary/aromatic N) is 3. The van der Waals surface area contributed by atoms with Crippen LogP contribution >= 0.6 is 0 Å². The number of imidazole rings is 1. The van der Waals surface area contributed by atoms with Gasteiger partial charge in [-0.3, -0.25) is 9.36 Å². The fraction of sp³-hybridized carbons (Fsp3) is 0.129. The first-order valence-corrected chi connectivity index (χ1v) is 12.8. The summed E-state index contributed by atoms with van der Waals surface area (Å²) in [5.41, 5.74) is 14.3. The minimum absolute atomic E-state index is 0.270. The predicted octanol–water partition coefficient (Wildman–Crippen LogP) is 6.03. The number of pyridine rings is 1. The van der Waals surface area contributed by atoms with Gasteiger partial charge < -0.3 is 16.4 Å². The molecule has 0 saturated heterocycles. The van der Waals surface area contributed by atoms with E-state index in [2.05, 4.69) is 56.6 Å². The van der Waals surface area contributed by atoms with Crippen molar-refractivity contribution in [2.75, 3.05) is 11.1 Å². The van der Waals surface area contributed by atoms with Crippen LogP contribution in [-0.4, -0.2) is 20.9 Å². The molecule has 3 aromatic carbocycles. The van der Waals surface area contributed by atoms with Gasteiger partial charge in [-0.05, 0) is 61.2 Å². The summed E-state index contributed by atoms with van der Waals surface area (Å²) in [7, 11) is 0. The van der Waals surface area contributed by atoms with Crippen molar-refractivity contribution in [2.45, 2.75) is 24.8 Å². The summed E-state index contributed by atoms with van der Waals surface area (Å²) in [6.45, 7) is 0. The molecule has 2 aromatic heterocycles. The van der Waals surface area contributed by atoms with Crippen molar-refractivity contribution in [1.82, 2.24) is 19.9 Å². The Kier molecular flexibility index (Phi) is 5.04. The number of nitrogen functional groups attached to an aromatic ring is 1. The number of fused-ring (bicyclic) bond motifs is 5. The lowest BCUT2D eigenvalue weighted by Gasteiger charge is -2.42. The first kappa shape index (κ1) is 22.3. The third kappa shape index (κ3) is 3.39. The Labute approximate surface area is 220 Å². The van der Waals surface area contributed by atoms with Gasteiger partial charge >= 0.3 is 0 Å². The number of nitrogens with one attached hydrogen (secondary N) is 2. The summed E-state index contributed by atoms with van der Waals surface area (Å²) in [5.74, 6) is 1.60. The molecule has 0 spiro atoms. The molecule has 7 heteroatoms. The van der Waals surface area contributed by atoms with E-state index in [1.54, 1.807) is 6.20 Å². The van der Waals surface area contributed by atoms with E-state index in [-0.39, 0.29) is 5.54 Å². The van der Waals surface area contributed by atoms with E-state index < -0.39 is 0 Å². The van der Waals surface area contributed by atoms with Gasteiger partial charge in [-0.2, -0.15) is 0 Å². The second-order valence-corrected chi connectivity index (χ2v) is 9.91. The van der Waals surface area contributed by atoms with E-state index in [0.29, 0.717) is 5.69 Å². The van der Waals surface area contributed by atoms with Crippen molar-refractivity contribution in [3.05, 3.63) is 96.7 Å². The minimum atomic E-state index is -0.270. The van der Waals surface area contributed by atoms with Gasteiger partial charge in [0.05, 0.1) is 28.3 Å². The zero-order valence-corrected chi connectivity index (χ0v) is 20.7. The minimum Gasteiger partial charge on any atom is -0.399 e. The summed E-state index contributed by atoms with van der Waals surface area (Å²) < 4.78 is 2.20. The first-order chi connectivity index (χ1) is 18.7. The highest BCUT2D eigenvalue weighted by Crippen LogP contribution is 2.45. The number of hydrogen-bond acceptors (Lipinski definition) is 5. The summed E-state index contributed by atoms with van der Waals surface area (Å²) in [5, 5.41) is 6.57.